The van der Waals surface area contributed by atoms with Crippen LogP contribution in [0.3, 0.4) is 0 Å². The number of hydrogen-bond donors (Lipinski definition) is 2. The molecule has 37 heavy (non-hydrogen) atoms. The predicted octanol–water partition coefficient (Wildman–Crippen LogP) is 5.33. The van der Waals surface area contributed by atoms with Gasteiger partial charge in [-0.3, -0.25) is 0 Å². The highest BCUT2D eigenvalue weighted by Crippen LogP contribution is 2.36. The Kier molecular flexibility index (Phi) is 10.9. The second-order valence-corrected chi connectivity index (χ2v) is 8.52. The highest BCUT2D eigenvalue weighted by molar-refractivity contribution is 5.82. The van der Waals surface area contributed by atoms with E-state index in [-0.39, 0.29) is 0 Å². The zero-order valence-corrected chi connectivity index (χ0v) is 23.1. The van der Waals surface area contributed by atoms with Gasteiger partial charge in [-0.05, 0) is 37.7 Å². The molecule has 1 aromatic heterocycles. The van der Waals surface area contributed by atoms with Gasteiger partial charge in [-0.2, -0.15) is 5.26 Å². The van der Waals surface area contributed by atoms with Crippen LogP contribution in [0.2, 0.25) is 0 Å². The molecule has 0 atom stereocenters. The molecule has 3 aromatic rings. The van der Waals surface area contributed by atoms with E-state index in [0.717, 1.165) is 36.3 Å². The third kappa shape index (κ3) is 7.21. The highest BCUT2D eigenvalue weighted by atomic mass is 16.5. The van der Waals surface area contributed by atoms with Crippen molar-refractivity contribution in [3.05, 3.63) is 71.6 Å². The van der Waals surface area contributed by atoms with Crippen molar-refractivity contribution in [3.8, 4) is 11.8 Å². The minimum atomic E-state index is 0.320. The third-order valence-corrected chi connectivity index (χ3v) is 5.81. The average molecular weight is 502 g/mol. The number of aromatic nitrogens is 2. The summed E-state index contributed by atoms with van der Waals surface area (Å²) in [4.78, 5) is 13.2. The van der Waals surface area contributed by atoms with Crippen LogP contribution >= 0.6 is 0 Å². The molecule has 2 aromatic carbocycles. The summed E-state index contributed by atoms with van der Waals surface area (Å²) in [7, 11) is 7.67. The Morgan fingerprint density at radius 1 is 1.16 bits per heavy atom. The van der Waals surface area contributed by atoms with E-state index in [0.29, 0.717) is 39.9 Å². The Labute approximate surface area is 221 Å². The van der Waals surface area contributed by atoms with Crippen molar-refractivity contribution in [1.82, 2.24) is 14.9 Å². The molecule has 0 saturated carbocycles. The zero-order chi connectivity index (χ0) is 27.5. The topological polar surface area (TPSA) is 103 Å². The maximum absolute atomic E-state index is 9.66. The summed E-state index contributed by atoms with van der Waals surface area (Å²) in [6.07, 6.45) is 2.35. The zero-order valence-electron chi connectivity index (χ0n) is 23.1. The number of nitrogens with one attached hydrogen (secondary N) is 1. The first-order chi connectivity index (χ1) is 17.8. The van der Waals surface area contributed by atoms with Gasteiger partial charge in [0.1, 0.15) is 11.8 Å². The van der Waals surface area contributed by atoms with Gasteiger partial charge in [0.25, 0.3) is 0 Å². The molecule has 0 aliphatic heterocycles. The van der Waals surface area contributed by atoms with Gasteiger partial charge in [-0.1, -0.05) is 51.6 Å². The van der Waals surface area contributed by atoms with Crippen LogP contribution in [0.15, 0.2) is 49.2 Å². The van der Waals surface area contributed by atoms with Crippen molar-refractivity contribution in [2.45, 2.75) is 27.2 Å². The van der Waals surface area contributed by atoms with E-state index in [9.17, 15) is 5.26 Å². The molecular weight excluding hydrogens is 462 g/mol. The number of hydrogen-bond acceptors (Lipinski definition) is 8. The highest BCUT2D eigenvalue weighted by Gasteiger charge is 2.17. The summed E-state index contributed by atoms with van der Waals surface area (Å²) in [6, 6.07) is 13.9. The number of benzene rings is 2. The quantitative estimate of drug-likeness (QED) is 0.359. The maximum atomic E-state index is 9.66. The van der Waals surface area contributed by atoms with Crippen LogP contribution in [-0.4, -0.2) is 56.2 Å². The van der Waals surface area contributed by atoms with Crippen molar-refractivity contribution in [1.29, 1.82) is 5.26 Å². The molecule has 3 N–H and O–H groups in total. The van der Waals surface area contributed by atoms with Crippen LogP contribution in [0.4, 0.5) is 23.0 Å². The second-order valence-electron chi connectivity index (χ2n) is 8.52. The van der Waals surface area contributed by atoms with Crippen molar-refractivity contribution in [3.63, 3.8) is 0 Å². The number of ether oxygens (including phenoxy) is 1. The molecule has 0 spiro atoms. The number of aryl methyl sites for hydroxylation is 1. The number of likely N-dealkylation sites (N-methyl/N-ethyl adjacent to an activating group) is 2. The molecule has 3 rings (SSSR count). The van der Waals surface area contributed by atoms with Crippen LogP contribution in [0.5, 0.6) is 5.75 Å². The van der Waals surface area contributed by atoms with Gasteiger partial charge in [-0.25, -0.2) is 9.97 Å². The number of nitrogen functional groups attached to an aromatic ring is 1. The van der Waals surface area contributed by atoms with E-state index in [1.165, 1.54) is 6.20 Å². The molecule has 1 heterocycles. The Hall–Kier alpha value is -4.09. The summed E-state index contributed by atoms with van der Waals surface area (Å²) in [5, 5.41) is 12.9. The lowest BCUT2D eigenvalue weighted by Crippen LogP contribution is -2.29. The number of nitrogens with two attached hydrogens (primary N) is 1. The standard InChI is InChI=1S/C27H33N7O.C2H6/c1-7-19-10-8-9-11-21(19)18(2)26-20(16-28)17-30-27(32-26)31-23-14-22(29)24(15-25(23)35-6)34(5)13-12-33(3)4;1-2/h8-11,14-15,17H,2,7,12-13,29H2,1,3-6H3,(H,30,31,32);1-2H3. The van der Waals surface area contributed by atoms with Gasteiger partial charge in [0.2, 0.25) is 5.95 Å². The largest absolute Gasteiger partial charge is 0.494 e. The van der Waals surface area contributed by atoms with Crippen molar-refractivity contribution < 1.29 is 4.74 Å². The summed E-state index contributed by atoms with van der Waals surface area (Å²) < 4.78 is 5.63. The normalized spacial score (nSPS) is 10.2. The van der Waals surface area contributed by atoms with Crippen LogP contribution in [0.1, 0.15) is 43.2 Å². The molecule has 0 radical (unpaired) electrons. The lowest BCUT2D eigenvalue weighted by Gasteiger charge is -2.24. The number of rotatable bonds is 10. The fraction of sp³-hybridized carbons (Fsp3) is 0.345. The first kappa shape index (κ1) is 29.1. The average Bonchev–Trinajstić information content (AvgIpc) is 2.92. The van der Waals surface area contributed by atoms with E-state index in [2.05, 4.69) is 50.7 Å². The molecule has 0 amide bonds. The summed E-state index contributed by atoms with van der Waals surface area (Å²) in [5.41, 5.74) is 12.1. The van der Waals surface area contributed by atoms with Crippen LogP contribution < -0.4 is 20.7 Å². The molecule has 0 saturated heterocycles. The predicted molar refractivity (Wildman–Crippen MR) is 155 cm³/mol. The van der Waals surface area contributed by atoms with Crippen LogP contribution in [0, 0.1) is 11.3 Å². The molecule has 8 nitrogen and oxygen atoms in total. The minimum Gasteiger partial charge on any atom is -0.494 e. The molecule has 196 valence electrons. The molecule has 0 bridgehead atoms. The summed E-state index contributed by atoms with van der Waals surface area (Å²) >= 11 is 0. The maximum Gasteiger partial charge on any atom is 0.227 e. The smallest absolute Gasteiger partial charge is 0.227 e. The van der Waals surface area contributed by atoms with Gasteiger partial charge < -0.3 is 25.6 Å². The van der Waals surface area contributed by atoms with Gasteiger partial charge >= 0.3 is 0 Å². The van der Waals surface area contributed by atoms with E-state index in [4.69, 9.17) is 10.5 Å². The number of methoxy groups -OCH3 is 1. The van der Waals surface area contributed by atoms with Gasteiger partial charge in [-0.15, -0.1) is 0 Å². The number of nitriles is 1. The Bertz CT molecular complexity index is 1250. The summed E-state index contributed by atoms with van der Waals surface area (Å²) in [6.45, 7) is 12.0. The van der Waals surface area contributed by atoms with Crippen molar-refractivity contribution in [2.75, 3.05) is 57.3 Å². The van der Waals surface area contributed by atoms with E-state index >= 15 is 0 Å². The Balaban J connectivity index is 0.00000235. The van der Waals surface area contributed by atoms with Gasteiger partial charge in [0.05, 0.1) is 41.6 Å². The molecule has 0 aliphatic rings. The molecule has 0 unspecified atom stereocenters. The van der Waals surface area contributed by atoms with Crippen molar-refractivity contribution in [2.24, 2.45) is 0 Å². The number of anilines is 4. The lowest BCUT2D eigenvalue weighted by atomic mass is 9.95. The Morgan fingerprint density at radius 2 is 1.86 bits per heavy atom. The first-order valence-electron chi connectivity index (χ1n) is 12.4. The van der Waals surface area contributed by atoms with Crippen molar-refractivity contribution >= 4 is 28.6 Å². The SMILES string of the molecule is C=C(c1ccccc1CC)c1nc(Nc2cc(N)c(N(C)CCN(C)C)cc2OC)ncc1C#N.CC. The number of nitrogens with zero attached hydrogens (tertiary/aromatic N) is 5. The van der Waals surface area contributed by atoms with Crippen LogP contribution in [0.25, 0.3) is 5.57 Å². The fourth-order valence-electron chi connectivity index (χ4n) is 3.78. The van der Waals surface area contributed by atoms with E-state index in [1.807, 2.05) is 65.3 Å². The lowest BCUT2D eigenvalue weighted by molar-refractivity contribution is 0.413. The molecular formula is C29H39N7O. The van der Waals surface area contributed by atoms with Crippen LogP contribution in [-0.2, 0) is 6.42 Å². The Morgan fingerprint density at radius 3 is 2.49 bits per heavy atom. The molecule has 0 aliphatic carbocycles. The van der Waals surface area contributed by atoms with E-state index < -0.39 is 0 Å². The minimum absolute atomic E-state index is 0.320. The molecule has 8 heteroatoms. The van der Waals surface area contributed by atoms with E-state index in [1.54, 1.807) is 7.11 Å². The monoisotopic (exact) mass is 501 g/mol. The van der Waals surface area contributed by atoms with Gasteiger partial charge in [0.15, 0.2) is 0 Å². The van der Waals surface area contributed by atoms with Gasteiger partial charge in [0, 0.05) is 31.8 Å². The molecule has 0 fully saturated rings. The summed E-state index contributed by atoms with van der Waals surface area (Å²) in [5.74, 6) is 0.927. The fourth-order valence-corrected chi connectivity index (χ4v) is 3.78. The third-order valence-electron chi connectivity index (χ3n) is 5.81. The first-order valence-corrected chi connectivity index (χ1v) is 12.4. The second kappa shape index (κ2) is 13.9.